The van der Waals surface area contributed by atoms with E-state index in [4.69, 9.17) is 9.47 Å². The second-order valence-corrected chi connectivity index (χ2v) is 3.78. The first kappa shape index (κ1) is 12.0. The van der Waals surface area contributed by atoms with Gasteiger partial charge in [-0.3, -0.25) is 4.79 Å². The average Bonchev–Trinajstić information content (AvgIpc) is 2.39. The summed E-state index contributed by atoms with van der Waals surface area (Å²) < 4.78 is 23.9. The van der Waals surface area contributed by atoms with Gasteiger partial charge in [-0.05, 0) is 12.1 Å². The second-order valence-electron chi connectivity index (χ2n) is 3.78. The molecule has 1 amide bonds. The highest BCUT2D eigenvalue weighted by Gasteiger charge is 2.27. The SMILES string of the molecule is CN(C(=O)[C@@H]1COCCO1)c1ccccc1F. The lowest BCUT2D eigenvalue weighted by Crippen LogP contribution is -2.44. The Labute approximate surface area is 98.9 Å². The quantitative estimate of drug-likeness (QED) is 0.778. The van der Waals surface area contributed by atoms with Crippen molar-refractivity contribution in [2.75, 3.05) is 31.8 Å². The Hall–Kier alpha value is -1.46. The molecule has 1 aromatic rings. The highest BCUT2D eigenvalue weighted by atomic mass is 19.1. The zero-order valence-electron chi connectivity index (χ0n) is 9.56. The molecule has 5 heteroatoms. The number of para-hydroxylation sites is 1. The number of nitrogens with zero attached hydrogens (tertiary/aromatic N) is 1. The number of hydrogen-bond donors (Lipinski definition) is 0. The predicted molar refractivity (Wildman–Crippen MR) is 60.4 cm³/mol. The van der Waals surface area contributed by atoms with Crippen LogP contribution in [-0.2, 0) is 14.3 Å². The molecular weight excluding hydrogens is 225 g/mol. The van der Waals surface area contributed by atoms with Gasteiger partial charge in [-0.1, -0.05) is 12.1 Å². The van der Waals surface area contributed by atoms with Crippen LogP contribution in [0.3, 0.4) is 0 Å². The van der Waals surface area contributed by atoms with Gasteiger partial charge in [0.05, 0.1) is 25.5 Å². The molecular formula is C12H14FNO3. The largest absolute Gasteiger partial charge is 0.376 e. The van der Waals surface area contributed by atoms with E-state index in [-0.39, 0.29) is 18.2 Å². The maximum absolute atomic E-state index is 13.5. The number of carbonyl (C=O) groups excluding carboxylic acids is 1. The average molecular weight is 239 g/mol. The van der Waals surface area contributed by atoms with Gasteiger partial charge >= 0.3 is 0 Å². The van der Waals surface area contributed by atoms with E-state index in [0.717, 1.165) is 0 Å². The van der Waals surface area contributed by atoms with Crippen molar-refractivity contribution >= 4 is 11.6 Å². The van der Waals surface area contributed by atoms with Gasteiger partial charge in [0.1, 0.15) is 5.82 Å². The van der Waals surface area contributed by atoms with Crippen LogP contribution in [0.25, 0.3) is 0 Å². The van der Waals surface area contributed by atoms with Crippen LogP contribution in [-0.4, -0.2) is 38.9 Å². The zero-order valence-corrected chi connectivity index (χ0v) is 9.56. The van der Waals surface area contributed by atoms with Crippen LogP contribution in [0.2, 0.25) is 0 Å². The molecule has 1 aromatic carbocycles. The minimum atomic E-state index is -0.645. The standard InChI is InChI=1S/C12H14FNO3/c1-14(10-5-3-2-4-9(10)13)12(15)11-8-16-6-7-17-11/h2-5,11H,6-8H2,1H3/t11-/m0/s1. The van der Waals surface area contributed by atoms with E-state index in [1.807, 2.05) is 0 Å². The summed E-state index contributed by atoms with van der Waals surface area (Å²) in [5.41, 5.74) is 0.242. The van der Waals surface area contributed by atoms with Gasteiger partial charge in [0.2, 0.25) is 0 Å². The van der Waals surface area contributed by atoms with E-state index in [2.05, 4.69) is 0 Å². The molecule has 1 fully saturated rings. The minimum absolute atomic E-state index is 0.220. The van der Waals surface area contributed by atoms with Crippen molar-refractivity contribution < 1.29 is 18.7 Å². The van der Waals surface area contributed by atoms with Crippen molar-refractivity contribution in [1.82, 2.24) is 0 Å². The van der Waals surface area contributed by atoms with Crippen molar-refractivity contribution in [3.8, 4) is 0 Å². The van der Waals surface area contributed by atoms with Crippen molar-refractivity contribution in [1.29, 1.82) is 0 Å². The molecule has 0 bridgehead atoms. The summed E-state index contributed by atoms with van der Waals surface area (Å²) in [5.74, 6) is -0.727. The minimum Gasteiger partial charge on any atom is -0.376 e. The van der Waals surface area contributed by atoms with Crippen LogP contribution in [0.4, 0.5) is 10.1 Å². The van der Waals surface area contributed by atoms with E-state index in [1.54, 1.807) is 18.2 Å². The Kier molecular flexibility index (Phi) is 3.71. The van der Waals surface area contributed by atoms with Gasteiger partial charge in [-0.25, -0.2) is 4.39 Å². The number of likely N-dealkylation sites (N-methyl/N-ethyl adjacent to an activating group) is 1. The third-order valence-corrected chi connectivity index (χ3v) is 2.64. The number of hydrogen-bond acceptors (Lipinski definition) is 3. The monoisotopic (exact) mass is 239 g/mol. The van der Waals surface area contributed by atoms with Gasteiger partial charge < -0.3 is 14.4 Å². The number of halogens is 1. The molecule has 2 rings (SSSR count). The molecule has 4 nitrogen and oxygen atoms in total. The fourth-order valence-electron chi connectivity index (χ4n) is 1.69. The van der Waals surface area contributed by atoms with E-state index < -0.39 is 11.9 Å². The highest BCUT2D eigenvalue weighted by Crippen LogP contribution is 2.18. The van der Waals surface area contributed by atoms with E-state index in [0.29, 0.717) is 13.2 Å². The van der Waals surface area contributed by atoms with Crippen LogP contribution in [0, 0.1) is 5.82 Å². The molecule has 1 saturated heterocycles. The number of anilines is 1. The van der Waals surface area contributed by atoms with Gasteiger partial charge in [-0.2, -0.15) is 0 Å². The van der Waals surface area contributed by atoms with Crippen molar-refractivity contribution in [2.24, 2.45) is 0 Å². The fourth-order valence-corrected chi connectivity index (χ4v) is 1.69. The van der Waals surface area contributed by atoms with Crippen molar-refractivity contribution in [3.63, 3.8) is 0 Å². The van der Waals surface area contributed by atoms with Crippen molar-refractivity contribution in [2.45, 2.75) is 6.10 Å². The number of benzene rings is 1. The Bertz CT molecular complexity index is 404. The third-order valence-electron chi connectivity index (χ3n) is 2.64. The molecule has 0 radical (unpaired) electrons. The molecule has 0 spiro atoms. The molecule has 0 aromatic heterocycles. The van der Waals surface area contributed by atoms with Crippen LogP contribution < -0.4 is 4.90 Å². The Morgan fingerprint density at radius 3 is 2.82 bits per heavy atom. The lowest BCUT2D eigenvalue weighted by Gasteiger charge is -2.26. The molecule has 0 unspecified atom stereocenters. The second kappa shape index (κ2) is 5.25. The Morgan fingerprint density at radius 2 is 2.18 bits per heavy atom. The number of carbonyl (C=O) groups is 1. The number of rotatable bonds is 2. The number of ether oxygens (including phenoxy) is 2. The maximum Gasteiger partial charge on any atom is 0.258 e. The van der Waals surface area contributed by atoms with Gasteiger partial charge in [0.25, 0.3) is 5.91 Å². The molecule has 0 saturated carbocycles. The number of amides is 1. The molecule has 92 valence electrons. The van der Waals surface area contributed by atoms with Crippen LogP contribution in [0.15, 0.2) is 24.3 Å². The van der Waals surface area contributed by atoms with Gasteiger partial charge in [0.15, 0.2) is 6.10 Å². The van der Waals surface area contributed by atoms with Crippen LogP contribution in [0.5, 0.6) is 0 Å². The lowest BCUT2D eigenvalue weighted by atomic mass is 10.2. The molecule has 0 N–H and O–H groups in total. The first-order valence-corrected chi connectivity index (χ1v) is 5.41. The molecule has 1 aliphatic heterocycles. The highest BCUT2D eigenvalue weighted by molar-refractivity contribution is 5.96. The summed E-state index contributed by atoms with van der Waals surface area (Å²) in [7, 11) is 1.53. The summed E-state index contributed by atoms with van der Waals surface area (Å²) in [5, 5.41) is 0. The molecule has 1 aliphatic rings. The van der Waals surface area contributed by atoms with E-state index >= 15 is 0 Å². The summed E-state index contributed by atoms with van der Waals surface area (Å²) >= 11 is 0. The molecule has 1 heterocycles. The van der Waals surface area contributed by atoms with Crippen LogP contribution in [0.1, 0.15) is 0 Å². The normalized spacial score (nSPS) is 20.0. The Balaban J connectivity index is 2.11. The van der Waals surface area contributed by atoms with Crippen LogP contribution >= 0.6 is 0 Å². The van der Waals surface area contributed by atoms with Crippen molar-refractivity contribution in [3.05, 3.63) is 30.1 Å². The van der Waals surface area contributed by atoms with Gasteiger partial charge in [0, 0.05) is 7.05 Å². The predicted octanol–water partition coefficient (Wildman–Crippen LogP) is 1.20. The lowest BCUT2D eigenvalue weighted by molar-refractivity contribution is -0.144. The molecule has 1 atom stereocenters. The maximum atomic E-state index is 13.5. The molecule has 0 aliphatic carbocycles. The smallest absolute Gasteiger partial charge is 0.258 e. The summed E-state index contributed by atoms with van der Waals surface area (Å²) in [6, 6.07) is 6.13. The molecule has 17 heavy (non-hydrogen) atoms. The fraction of sp³-hybridized carbons (Fsp3) is 0.417. The van der Waals surface area contributed by atoms with E-state index in [9.17, 15) is 9.18 Å². The van der Waals surface area contributed by atoms with E-state index in [1.165, 1.54) is 18.0 Å². The summed E-state index contributed by atoms with van der Waals surface area (Å²) in [6.45, 7) is 1.10. The third kappa shape index (κ3) is 2.62. The van der Waals surface area contributed by atoms with Gasteiger partial charge in [-0.15, -0.1) is 0 Å². The Morgan fingerprint density at radius 1 is 1.41 bits per heavy atom. The summed E-state index contributed by atoms with van der Waals surface area (Å²) in [6.07, 6.45) is -0.645. The summed E-state index contributed by atoms with van der Waals surface area (Å²) in [4.78, 5) is 13.3. The first-order chi connectivity index (χ1) is 8.20. The topological polar surface area (TPSA) is 38.8 Å². The first-order valence-electron chi connectivity index (χ1n) is 5.41. The zero-order chi connectivity index (χ0) is 12.3.